The Hall–Kier alpha value is -0.870. The van der Waals surface area contributed by atoms with Crippen molar-refractivity contribution in [3.8, 4) is 0 Å². The Balaban J connectivity index is 2.03. The van der Waals surface area contributed by atoms with Crippen LogP contribution in [0.25, 0.3) is 0 Å². The first-order chi connectivity index (χ1) is 8.47. The van der Waals surface area contributed by atoms with Crippen molar-refractivity contribution in [2.24, 2.45) is 0 Å². The van der Waals surface area contributed by atoms with Crippen LogP contribution in [0.3, 0.4) is 0 Å². The molecule has 18 heavy (non-hydrogen) atoms. The van der Waals surface area contributed by atoms with E-state index in [1.165, 1.54) is 5.56 Å². The molecule has 1 aromatic heterocycles. The summed E-state index contributed by atoms with van der Waals surface area (Å²) in [5, 5.41) is 4.43. The largest absolute Gasteiger partial charge is 0.303 e. The summed E-state index contributed by atoms with van der Waals surface area (Å²) in [6.45, 7) is 12.3. The van der Waals surface area contributed by atoms with Crippen LogP contribution in [-0.2, 0) is 6.54 Å². The fourth-order valence-corrected chi connectivity index (χ4v) is 2.88. The second-order valence-corrected chi connectivity index (χ2v) is 6.01. The first kappa shape index (κ1) is 13.6. The van der Waals surface area contributed by atoms with Gasteiger partial charge in [-0.15, -0.1) is 0 Å². The molecule has 0 aromatic carbocycles. The summed E-state index contributed by atoms with van der Waals surface area (Å²) in [7, 11) is 2.21. The summed E-state index contributed by atoms with van der Waals surface area (Å²) < 4.78 is 2.04. The second-order valence-electron chi connectivity index (χ2n) is 6.01. The molecule has 0 saturated carbocycles. The lowest BCUT2D eigenvalue weighted by molar-refractivity contribution is 0.0458. The highest BCUT2D eigenvalue weighted by Gasteiger charge is 2.27. The van der Waals surface area contributed by atoms with Crippen LogP contribution in [-0.4, -0.2) is 51.8 Å². The molecule has 2 rings (SSSR count). The monoisotopic (exact) mass is 250 g/mol. The first-order valence-electron chi connectivity index (χ1n) is 6.94. The van der Waals surface area contributed by atoms with E-state index >= 15 is 0 Å². The molecular formula is C14H26N4. The van der Waals surface area contributed by atoms with Crippen LogP contribution in [0.15, 0.2) is 12.4 Å². The molecule has 1 aliphatic heterocycles. The van der Waals surface area contributed by atoms with Crippen LogP contribution in [0.4, 0.5) is 0 Å². The molecule has 1 aliphatic rings. The van der Waals surface area contributed by atoms with Gasteiger partial charge in [0.05, 0.1) is 6.20 Å². The predicted molar refractivity (Wildman–Crippen MR) is 74.6 cm³/mol. The van der Waals surface area contributed by atoms with Gasteiger partial charge in [-0.1, -0.05) is 0 Å². The molecule has 0 N–H and O–H groups in total. The van der Waals surface area contributed by atoms with Gasteiger partial charge in [0.25, 0.3) is 0 Å². The van der Waals surface area contributed by atoms with E-state index in [-0.39, 0.29) is 0 Å². The molecule has 102 valence electrons. The molecule has 1 aromatic rings. The van der Waals surface area contributed by atoms with Gasteiger partial charge >= 0.3 is 0 Å². The Kier molecular flexibility index (Phi) is 4.07. The van der Waals surface area contributed by atoms with Gasteiger partial charge in [-0.2, -0.15) is 5.10 Å². The zero-order chi connectivity index (χ0) is 13.3. The van der Waals surface area contributed by atoms with Crippen LogP contribution in [0.2, 0.25) is 0 Å². The quantitative estimate of drug-likeness (QED) is 0.820. The Labute approximate surface area is 111 Å². The van der Waals surface area contributed by atoms with Crippen LogP contribution in [0, 0.1) is 0 Å². The molecule has 1 fully saturated rings. The summed E-state index contributed by atoms with van der Waals surface area (Å²) >= 11 is 0. The Morgan fingerprint density at radius 1 is 1.28 bits per heavy atom. The minimum atomic E-state index is 0.445. The lowest BCUT2D eigenvalue weighted by Crippen LogP contribution is -2.54. The van der Waals surface area contributed by atoms with Gasteiger partial charge < -0.3 is 4.90 Å². The normalized spacial score (nSPS) is 27.0. The molecule has 0 amide bonds. The minimum Gasteiger partial charge on any atom is -0.303 e. The maximum Gasteiger partial charge on any atom is 0.0534 e. The molecule has 0 unspecified atom stereocenters. The molecule has 0 spiro atoms. The van der Waals surface area contributed by atoms with Crippen LogP contribution in [0.1, 0.15) is 39.3 Å². The molecule has 2 atom stereocenters. The Morgan fingerprint density at radius 2 is 1.89 bits per heavy atom. The van der Waals surface area contributed by atoms with Gasteiger partial charge in [0, 0.05) is 49.5 Å². The number of hydrogen-bond acceptors (Lipinski definition) is 3. The van der Waals surface area contributed by atoms with Crippen LogP contribution >= 0.6 is 0 Å². The van der Waals surface area contributed by atoms with Crippen molar-refractivity contribution in [2.45, 2.75) is 52.4 Å². The minimum absolute atomic E-state index is 0.445. The first-order valence-corrected chi connectivity index (χ1v) is 6.94. The smallest absolute Gasteiger partial charge is 0.0534 e. The third-order valence-electron chi connectivity index (χ3n) is 3.83. The number of aromatic nitrogens is 2. The zero-order valence-electron chi connectivity index (χ0n) is 12.3. The average molecular weight is 250 g/mol. The summed E-state index contributed by atoms with van der Waals surface area (Å²) in [4.78, 5) is 5.01. The van der Waals surface area contributed by atoms with E-state index in [9.17, 15) is 0 Å². The molecule has 2 heterocycles. The molecule has 1 saturated heterocycles. The van der Waals surface area contributed by atoms with E-state index in [0.29, 0.717) is 18.1 Å². The fourth-order valence-electron chi connectivity index (χ4n) is 2.88. The summed E-state index contributed by atoms with van der Waals surface area (Å²) in [6, 6.07) is 1.67. The van der Waals surface area contributed by atoms with E-state index in [0.717, 1.165) is 19.6 Å². The lowest BCUT2D eigenvalue weighted by atomic mass is 10.1. The van der Waals surface area contributed by atoms with Crippen molar-refractivity contribution in [1.82, 2.24) is 19.6 Å². The number of hydrogen-bond donors (Lipinski definition) is 0. The Morgan fingerprint density at radius 3 is 2.39 bits per heavy atom. The van der Waals surface area contributed by atoms with E-state index in [2.05, 4.69) is 55.8 Å². The fraction of sp³-hybridized carbons (Fsp3) is 0.786. The van der Waals surface area contributed by atoms with Gasteiger partial charge in [0.1, 0.15) is 0 Å². The van der Waals surface area contributed by atoms with Crippen molar-refractivity contribution in [3.05, 3.63) is 18.0 Å². The van der Waals surface area contributed by atoms with Gasteiger partial charge in [-0.3, -0.25) is 9.58 Å². The summed E-state index contributed by atoms with van der Waals surface area (Å²) in [6.07, 6.45) is 4.19. The topological polar surface area (TPSA) is 24.3 Å². The van der Waals surface area contributed by atoms with Crippen molar-refractivity contribution in [2.75, 3.05) is 20.1 Å². The van der Waals surface area contributed by atoms with E-state index in [4.69, 9.17) is 0 Å². The molecule has 0 radical (unpaired) electrons. The number of nitrogens with zero attached hydrogens (tertiary/aromatic N) is 4. The highest BCUT2D eigenvalue weighted by Crippen LogP contribution is 2.18. The third-order valence-corrected chi connectivity index (χ3v) is 3.83. The van der Waals surface area contributed by atoms with Crippen molar-refractivity contribution < 1.29 is 0 Å². The zero-order valence-corrected chi connectivity index (χ0v) is 12.3. The highest BCUT2D eigenvalue weighted by molar-refractivity contribution is 5.05. The predicted octanol–water partition coefficient (Wildman–Crippen LogP) is 1.99. The highest BCUT2D eigenvalue weighted by atomic mass is 15.3. The molecule has 0 bridgehead atoms. The van der Waals surface area contributed by atoms with Crippen LogP contribution < -0.4 is 0 Å². The maximum atomic E-state index is 4.43. The van der Waals surface area contributed by atoms with Crippen molar-refractivity contribution >= 4 is 0 Å². The second kappa shape index (κ2) is 5.41. The van der Waals surface area contributed by atoms with E-state index in [1.54, 1.807) is 0 Å². The van der Waals surface area contributed by atoms with Crippen LogP contribution in [0.5, 0.6) is 0 Å². The van der Waals surface area contributed by atoms with Gasteiger partial charge in [-0.05, 0) is 34.7 Å². The molecule has 0 aliphatic carbocycles. The third kappa shape index (κ3) is 2.93. The number of likely N-dealkylation sites (N-methyl/N-ethyl adjacent to an activating group) is 1. The number of piperazine rings is 1. The average Bonchev–Trinajstić information content (AvgIpc) is 2.71. The Bertz CT molecular complexity index is 373. The van der Waals surface area contributed by atoms with E-state index in [1.807, 2.05) is 10.9 Å². The standard InChI is InChI=1S/C14H26N4/c1-11(2)18-10-14(6-15-18)9-17-12(3)7-16(5)8-13(17)4/h6,10-13H,7-9H2,1-5H3/t12-,13+. The van der Waals surface area contributed by atoms with Gasteiger partial charge in [0.15, 0.2) is 0 Å². The number of rotatable bonds is 3. The molecule has 4 nitrogen and oxygen atoms in total. The van der Waals surface area contributed by atoms with Gasteiger partial charge in [-0.25, -0.2) is 0 Å². The SMILES string of the molecule is CC(C)n1cc(CN2[C@H](C)CN(C)C[C@@H]2C)cn1. The molecule has 4 heteroatoms. The van der Waals surface area contributed by atoms with Crippen molar-refractivity contribution in [3.63, 3.8) is 0 Å². The summed E-state index contributed by atoms with van der Waals surface area (Å²) in [5.74, 6) is 0. The van der Waals surface area contributed by atoms with Gasteiger partial charge in [0.2, 0.25) is 0 Å². The summed E-state index contributed by atoms with van der Waals surface area (Å²) in [5.41, 5.74) is 1.33. The van der Waals surface area contributed by atoms with Crippen molar-refractivity contribution in [1.29, 1.82) is 0 Å². The molecular weight excluding hydrogens is 224 g/mol. The maximum absolute atomic E-state index is 4.43. The lowest BCUT2D eigenvalue weighted by Gasteiger charge is -2.43. The van der Waals surface area contributed by atoms with E-state index < -0.39 is 0 Å².